The van der Waals surface area contributed by atoms with Crippen LogP contribution in [-0.2, 0) is 9.53 Å². The van der Waals surface area contributed by atoms with Crippen molar-refractivity contribution < 1.29 is 9.53 Å². The highest BCUT2D eigenvalue weighted by Gasteiger charge is 2.51. The van der Waals surface area contributed by atoms with Crippen molar-refractivity contribution in [3.63, 3.8) is 0 Å². The van der Waals surface area contributed by atoms with Crippen LogP contribution >= 0.6 is 11.8 Å². The Morgan fingerprint density at radius 2 is 2.10 bits per heavy atom. The predicted molar refractivity (Wildman–Crippen MR) is 84.1 cm³/mol. The number of nitrogens with one attached hydrogen (secondary N) is 1. The minimum Gasteiger partial charge on any atom is -0.379 e. The van der Waals surface area contributed by atoms with Crippen molar-refractivity contribution in [1.29, 1.82) is 0 Å². The van der Waals surface area contributed by atoms with Crippen LogP contribution in [0.5, 0.6) is 0 Å². The summed E-state index contributed by atoms with van der Waals surface area (Å²) in [6, 6.07) is 0.889. The molecule has 2 aliphatic rings. The van der Waals surface area contributed by atoms with E-state index in [9.17, 15) is 4.79 Å². The zero-order valence-electron chi connectivity index (χ0n) is 13.1. The standard InChI is InChI=1S/C15H28N2O2S/c1-11(10-20-4)14(18)16-12-9-13(15(12,2)3)17-5-7-19-8-6-17/h11-13H,5-10H2,1-4H3,(H,16,18). The lowest BCUT2D eigenvalue weighted by Crippen LogP contribution is -2.68. The second-order valence-corrected chi connectivity index (χ2v) is 7.55. The summed E-state index contributed by atoms with van der Waals surface area (Å²) in [4.78, 5) is 14.7. The third-order valence-electron chi connectivity index (χ3n) is 4.88. The molecule has 2 rings (SSSR count). The first-order chi connectivity index (χ1) is 9.46. The Bertz CT molecular complexity index is 343. The van der Waals surface area contributed by atoms with Gasteiger partial charge in [0, 0.05) is 42.3 Å². The van der Waals surface area contributed by atoms with E-state index in [0.717, 1.165) is 38.5 Å². The molecule has 0 aromatic carbocycles. The van der Waals surface area contributed by atoms with E-state index in [-0.39, 0.29) is 17.2 Å². The third kappa shape index (κ3) is 3.31. The SMILES string of the molecule is CSCC(C)C(=O)NC1CC(N2CCOCC2)C1(C)C. The van der Waals surface area contributed by atoms with Crippen LogP contribution in [0.1, 0.15) is 27.2 Å². The number of hydrogen-bond donors (Lipinski definition) is 1. The van der Waals surface area contributed by atoms with Gasteiger partial charge in [0.25, 0.3) is 0 Å². The first-order valence-electron chi connectivity index (χ1n) is 7.58. The maximum absolute atomic E-state index is 12.1. The number of thioether (sulfide) groups is 1. The van der Waals surface area contributed by atoms with Crippen LogP contribution in [0.2, 0.25) is 0 Å². The van der Waals surface area contributed by atoms with Gasteiger partial charge in [-0.25, -0.2) is 0 Å². The van der Waals surface area contributed by atoms with Crippen LogP contribution in [-0.4, -0.2) is 61.2 Å². The van der Waals surface area contributed by atoms with E-state index in [4.69, 9.17) is 4.74 Å². The molecule has 0 radical (unpaired) electrons. The molecule has 2 fully saturated rings. The van der Waals surface area contributed by atoms with Crippen LogP contribution in [0.3, 0.4) is 0 Å². The zero-order chi connectivity index (χ0) is 14.8. The number of nitrogens with zero attached hydrogens (tertiary/aromatic N) is 1. The summed E-state index contributed by atoms with van der Waals surface area (Å²) in [7, 11) is 0. The molecule has 1 N–H and O–H groups in total. The number of amides is 1. The van der Waals surface area contributed by atoms with Crippen molar-refractivity contribution >= 4 is 17.7 Å². The zero-order valence-corrected chi connectivity index (χ0v) is 14.0. The molecule has 0 spiro atoms. The molecule has 4 nitrogen and oxygen atoms in total. The molecule has 1 heterocycles. The third-order valence-corrected chi connectivity index (χ3v) is 5.72. The number of carbonyl (C=O) groups is 1. The summed E-state index contributed by atoms with van der Waals surface area (Å²) in [6.07, 6.45) is 3.12. The molecule has 3 atom stereocenters. The number of carbonyl (C=O) groups excluding carboxylic acids is 1. The molecule has 0 aromatic heterocycles. The van der Waals surface area contributed by atoms with Crippen molar-refractivity contribution in [3.05, 3.63) is 0 Å². The lowest BCUT2D eigenvalue weighted by Gasteiger charge is -2.57. The fourth-order valence-electron chi connectivity index (χ4n) is 3.30. The van der Waals surface area contributed by atoms with Crippen LogP contribution in [0.4, 0.5) is 0 Å². The van der Waals surface area contributed by atoms with E-state index in [1.165, 1.54) is 0 Å². The van der Waals surface area contributed by atoms with E-state index in [2.05, 4.69) is 24.1 Å². The predicted octanol–water partition coefficient (Wildman–Crippen LogP) is 1.60. The van der Waals surface area contributed by atoms with E-state index in [0.29, 0.717) is 12.1 Å². The van der Waals surface area contributed by atoms with Gasteiger partial charge in [-0.3, -0.25) is 9.69 Å². The van der Waals surface area contributed by atoms with Crippen molar-refractivity contribution in [3.8, 4) is 0 Å². The molecule has 0 bridgehead atoms. The van der Waals surface area contributed by atoms with Crippen molar-refractivity contribution in [1.82, 2.24) is 10.2 Å². The highest BCUT2D eigenvalue weighted by molar-refractivity contribution is 7.98. The van der Waals surface area contributed by atoms with Gasteiger partial charge < -0.3 is 10.1 Å². The quantitative estimate of drug-likeness (QED) is 0.837. The molecule has 1 aliphatic heterocycles. The lowest BCUT2D eigenvalue weighted by molar-refractivity contribution is -0.131. The Hall–Kier alpha value is -0.260. The maximum Gasteiger partial charge on any atom is 0.223 e. The number of morpholine rings is 1. The molecule has 1 saturated heterocycles. The smallest absolute Gasteiger partial charge is 0.223 e. The molecule has 1 amide bonds. The van der Waals surface area contributed by atoms with Crippen molar-refractivity contribution in [2.75, 3.05) is 38.3 Å². The number of rotatable bonds is 5. The Morgan fingerprint density at radius 3 is 2.65 bits per heavy atom. The van der Waals surface area contributed by atoms with E-state index in [1.807, 2.05) is 13.2 Å². The van der Waals surface area contributed by atoms with Gasteiger partial charge in [0.2, 0.25) is 5.91 Å². The fourth-order valence-corrected chi connectivity index (χ4v) is 3.95. The van der Waals surface area contributed by atoms with Gasteiger partial charge in [0.05, 0.1) is 13.2 Å². The highest BCUT2D eigenvalue weighted by Crippen LogP contribution is 2.44. The number of hydrogen-bond acceptors (Lipinski definition) is 4. The summed E-state index contributed by atoms with van der Waals surface area (Å²) in [6.45, 7) is 10.3. The van der Waals surface area contributed by atoms with Crippen LogP contribution < -0.4 is 5.32 Å². The van der Waals surface area contributed by atoms with Gasteiger partial charge in [0.15, 0.2) is 0 Å². The second-order valence-electron chi connectivity index (χ2n) is 6.64. The first-order valence-corrected chi connectivity index (χ1v) is 8.97. The van der Waals surface area contributed by atoms with Crippen LogP contribution in [0, 0.1) is 11.3 Å². The van der Waals surface area contributed by atoms with Crippen LogP contribution in [0.25, 0.3) is 0 Å². The Kier molecular flexibility index (Phi) is 5.37. The van der Waals surface area contributed by atoms with Gasteiger partial charge in [-0.1, -0.05) is 20.8 Å². The summed E-state index contributed by atoms with van der Waals surface area (Å²) in [5, 5.41) is 3.25. The molecule has 5 heteroatoms. The molecule has 116 valence electrons. The average molecular weight is 300 g/mol. The summed E-state index contributed by atoms with van der Waals surface area (Å²) < 4.78 is 5.42. The normalized spacial score (nSPS) is 31.4. The first kappa shape index (κ1) is 16.1. The van der Waals surface area contributed by atoms with Crippen molar-refractivity contribution in [2.24, 2.45) is 11.3 Å². The molecule has 1 aliphatic carbocycles. The molecule has 3 unspecified atom stereocenters. The average Bonchev–Trinajstić information content (AvgIpc) is 2.44. The fraction of sp³-hybridized carbons (Fsp3) is 0.933. The Morgan fingerprint density at radius 1 is 1.45 bits per heavy atom. The lowest BCUT2D eigenvalue weighted by atomic mass is 9.62. The molecule has 1 saturated carbocycles. The van der Waals surface area contributed by atoms with Crippen LogP contribution in [0.15, 0.2) is 0 Å². The maximum atomic E-state index is 12.1. The largest absolute Gasteiger partial charge is 0.379 e. The van der Waals surface area contributed by atoms with Crippen molar-refractivity contribution in [2.45, 2.75) is 39.3 Å². The van der Waals surface area contributed by atoms with E-state index in [1.54, 1.807) is 11.8 Å². The highest BCUT2D eigenvalue weighted by atomic mass is 32.2. The Labute approximate surface area is 127 Å². The van der Waals surface area contributed by atoms with E-state index < -0.39 is 0 Å². The summed E-state index contributed by atoms with van der Waals surface area (Å²) >= 11 is 1.73. The van der Waals surface area contributed by atoms with Gasteiger partial charge in [0.1, 0.15) is 0 Å². The monoisotopic (exact) mass is 300 g/mol. The van der Waals surface area contributed by atoms with Gasteiger partial charge in [-0.05, 0) is 12.7 Å². The molecular weight excluding hydrogens is 272 g/mol. The minimum atomic E-state index is 0.100. The Balaban J connectivity index is 1.85. The van der Waals surface area contributed by atoms with E-state index >= 15 is 0 Å². The molecular formula is C15H28N2O2S. The topological polar surface area (TPSA) is 41.6 Å². The molecule has 0 aromatic rings. The second kappa shape index (κ2) is 6.67. The van der Waals surface area contributed by atoms with Gasteiger partial charge in [-0.15, -0.1) is 0 Å². The number of ether oxygens (including phenoxy) is 1. The minimum absolute atomic E-state index is 0.100. The summed E-state index contributed by atoms with van der Waals surface area (Å²) in [5.74, 6) is 1.20. The van der Waals surface area contributed by atoms with Gasteiger partial charge >= 0.3 is 0 Å². The van der Waals surface area contributed by atoms with Gasteiger partial charge in [-0.2, -0.15) is 11.8 Å². The molecule has 20 heavy (non-hydrogen) atoms. The summed E-state index contributed by atoms with van der Waals surface area (Å²) in [5.41, 5.74) is 0.159.